The zero-order chi connectivity index (χ0) is 14.8. The zero-order valence-electron chi connectivity index (χ0n) is 13.6. The largest absolute Gasteiger partial charge is 0.487 e. The number of fused-ring (bicyclic) bond motifs is 1. The molecule has 0 bridgehead atoms. The van der Waals surface area contributed by atoms with E-state index in [4.69, 9.17) is 4.74 Å². The third-order valence-electron chi connectivity index (χ3n) is 4.18. The minimum absolute atomic E-state index is 0.0519. The van der Waals surface area contributed by atoms with Gasteiger partial charge >= 0.3 is 0 Å². The summed E-state index contributed by atoms with van der Waals surface area (Å²) in [4.78, 5) is 0. The van der Waals surface area contributed by atoms with Crippen molar-refractivity contribution in [2.45, 2.75) is 65.5 Å². The number of hydrogen-bond donors (Lipinski definition) is 1. The molecule has 1 aliphatic heterocycles. The molecule has 2 atom stereocenters. The summed E-state index contributed by atoms with van der Waals surface area (Å²) in [5, 5.41) is 3.65. The van der Waals surface area contributed by atoms with E-state index >= 15 is 0 Å². The van der Waals surface area contributed by atoms with Gasteiger partial charge in [-0.05, 0) is 49.9 Å². The molecule has 2 nitrogen and oxygen atoms in total. The van der Waals surface area contributed by atoms with Crippen LogP contribution in [0, 0.1) is 5.92 Å². The minimum atomic E-state index is -0.0519. The Morgan fingerprint density at radius 1 is 1.30 bits per heavy atom. The molecule has 1 aromatic rings. The molecule has 0 saturated carbocycles. The third kappa shape index (κ3) is 3.35. The van der Waals surface area contributed by atoms with Crippen molar-refractivity contribution in [3.8, 4) is 5.75 Å². The van der Waals surface area contributed by atoms with Crippen LogP contribution in [0.5, 0.6) is 5.75 Å². The molecule has 1 aliphatic rings. The van der Waals surface area contributed by atoms with Gasteiger partial charge in [0.2, 0.25) is 0 Å². The number of hydrogen-bond acceptors (Lipinski definition) is 2. The van der Waals surface area contributed by atoms with Gasteiger partial charge in [-0.3, -0.25) is 0 Å². The first-order valence-electron chi connectivity index (χ1n) is 8.02. The molecule has 1 aromatic carbocycles. The van der Waals surface area contributed by atoms with Crippen LogP contribution in [0.4, 0.5) is 0 Å². The minimum Gasteiger partial charge on any atom is -0.487 e. The molecule has 0 fully saturated rings. The fourth-order valence-electron chi connectivity index (χ4n) is 3.31. The summed E-state index contributed by atoms with van der Waals surface area (Å²) >= 11 is 0. The number of benzene rings is 1. The van der Waals surface area contributed by atoms with Crippen molar-refractivity contribution in [2.24, 2.45) is 5.92 Å². The molecule has 2 heteroatoms. The van der Waals surface area contributed by atoms with Crippen LogP contribution < -0.4 is 10.1 Å². The van der Waals surface area contributed by atoms with Gasteiger partial charge in [0.1, 0.15) is 11.4 Å². The molecule has 0 spiro atoms. The average molecular weight is 275 g/mol. The van der Waals surface area contributed by atoms with E-state index in [1.165, 1.54) is 24.0 Å². The first kappa shape index (κ1) is 15.4. The van der Waals surface area contributed by atoms with Crippen LogP contribution in [0.25, 0.3) is 0 Å². The second-order valence-corrected chi connectivity index (χ2v) is 6.71. The van der Waals surface area contributed by atoms with Gasteiger partial charge in [-0.2, -0.15) is 0 Å². The van der Waals surface area contributed by atoms with Gasteiger partial charge in [0.05, 0.1) is 0 Å². The van der Waals surface area contributed by atoms with Crippen LogP contribution in [0.15, 0.2) is 18.2 Å². The van der Waals surface area contributed by atoms with E-state index in [9.17, 15) is 0 Å². The van der Waals surface area contributed by atoms with Crippen molar-refractivity contribution in [3.63, 3.8) is 0 Å². The maximum atomic E-state index is 5.98. The van der Waals surface area contributed by atoms with E-state index in [-0.39, 0.29) is 5.60 Å². The van der Waals surface area contributed by atoms with Crippen LogP contribution in [-0.2, 0) is 6.42 Å². The molecular formula is C18H29NO. The summed E-state index contributed by atoms with van der Waals surface area (Å²) in [7, 11) is 0. The lowest BCUT2D eigenvalue weighted by molar-refractivity contribution is 0.138. The summed E-state index contributed by atoms with van der Waals surface area (Å²) in [5.74, 6) is 1.73. The topological polar surface area (TPSA) is 21.3 Å². The molecular weight excluding hydrogens is 246 g/mol. The van der Waals surface area contributed by atoms with Crippen molar-refractivity contribution < 1.29 is 4.74 Å². The Balaban J connectivity index is 2.23. The SMILES string of the molecule is CCCC(C)C(NCC)c1ccc2c(c1)CC(C)(C)O2. The summed E-state index contributed by atoms with van der Waals surface area (Å²) in [6.45, 7) is 12.1. The highest BCUT2D eigenvalue weighted by atomic mass is 16.5. The predicted molar refractivity (Wildman–Crippen MR) is 85.3 cm³/mol. The van der Waals surface area contributed by atoms with Gasteiger partial charge in [0.15, 0.2) is 0 Å². The Morgan fingerprint density at radius 3 is 2.70 bits per heavy atom. The molecule has 0 aliphatic carbocycles. The van der Waals surface area contributed by atoms with Crippen molar-refractivity contribution in [3.05, 3.63) is 29.3 Å². The van der Waals surface area contributed by atoms with Gasteiger partial charge in [-0.25, -0.2) is 0 Å². The highest BCUT2D eigenvalue weighted by Gasteiger charge is 2.30. The summed E-state index contributed by atoms with van der Waals surface area (Å²) in [5.41, 5.74) is 2.72. The standard InChI is InChI=1S/C18H29NO/c1-6-8-13(3)17(19-7-2)14-9-10-16-15(11-14)12-18(4,5)20-16/h9-11,13,17,19H,6-8,12H2,1-5H3. The van der Waals surface area contributed by atoms with E-state index < -0.39 is 0 Å². The molecule has 112 valence electrons. The first-order chi connectivity index (χ1) is 9.46. The fraction of sp³-hybridized carbons (Fsp3) is 0.667. The second-order valence-electron chi connectivity index (χ2n) is 6.71. The molecule has 0 aromatic heterocycles. The van der Waals surface area contributed by atoms with Crippen LogP contribution >= 0.6 is 0 Å². The Labute approximate surface area is 123 Å². The van der Waals surface area contributed by atoms with Crippen LogP contribution in [0.1, 0.15) is 64.6 Å². The average Bonchev–Trinajstić information content (AvgIpc) is 2.68. The molecule has 2 unspecified atom stereocenters. The zero-order valence-corrected chi connectivity index (χ0v) is 13.6. The lowest BCUT2D eigenvalue weighted by Gasteiger charge is -2.25. The fourth-order valence-corrected chi connectivity index (χ4v) is 3.31. The summed E-state index contributed by atoms with van der Waals surface area (Å²) in [6.07, 6.45) is 3.51. The predicted octanol–water partition coefficient (Wildman–Crippen LogP) is 4.49. The Bertz CT molecular complexity index is 453. The van der Waals surface area contributed by atoms with E-state index in [2.05, 4.69) is 58.1 Å². The smallest absolute Gasteiger partial charge is 0.123 e. The molecule has 2 rings (SSSR count). The Kier molecular flexibility index (Phi) is 4.74. The van der Waals surface area contributed by atoms with Crippen molar-refractivity contribution in [2.75, 3.05) is 6.54 Å². The maximum Gasteiger partial charge on any atom is 0.123 e. The molecule has 0 radical (unpaired) electrons. The number of rotatable bonds is 6. The van der Waals surface area contributed by atoms with Crippen molar-refractivity contribution >= 4 is 0 Å². The van der Waals surface area contributed by atoms with Gasteiger partial charge in [-0.1, -0.05) is 39.3 Å². The van der Waals surface area contributed by atoms with Gasteiger partial charge in [-0.15, -0.1) is 0 Å². The lowest BCUT2D eigenvalue weighted by atomic mass is 9.89. The molecule has 1 heterocycles. The lowest BCUT2D eigenvalue weighted by Crippen LogP contribution is -2.27. The van der Waals surface area contributed by atoms with E-state index in [1.807, 2.05) is 0 Å². The van der Waals surface area contributed by atoms with E-state index in [0.717, 1.165) is 18.7 Å². The summed E-state index contributed by atoms with van der Waals surface area (Å²) in [6, 6.07) is 7.19. The molecule has 20 heavy (non-hydrogen) atoms. The highest BCUT2D eigenvalue weighted by molar-refractivity contribution is 5.42. The molecule has 1 N–H and O–H groups in total. The monoisotopic (exact) mass is 275 g/mol. The van der Waals surface area contributed by atoms with Crippen molar-refractivity contribution in [1.29, 1.82) is 0 Å². The normalized spacial score (nSPS) is 19.2. The van der Waals surface area contributed by atoms with Crippen molar-refractivity contribution in [1.82, 2.24) is 5.32 Å². The quantitative estimate of drug-likeness (QED) is 0.826. The van der Waals surface area contributed by atoms with Crippen LogP contribution in [0.2, 0.25) is 0 Å². The first-order valence-corrected chi connectivity index (χ1v) is 8.02. The van der Waals surface area contributed by atoms with Gasteiger partial charge in [0, 0.05) is 12.5 Å². The number of ether oxygens (including phenoxy) is 1. The molecule has 0 amide bonds. The maximum absolute atomic E-state index is 5.98. The molecule has 0 saturated heterocycles. The third-order valence-corrected chi connectivity index (χ3v) is 4.18. The van der Waals surface area contributed by atoms with Gasteiger partial charge < -0.3 is 10.1 Å². The van der Waals surface area contributed by atoms with E-state index in [0.29, 0.717) is 12.0 Å². The summed E-state index contributed by atoms with van der Waals surface area (Å²) < 4.78 is 5.98. The van der Waals surface area contributed by atoms with Gasteiger partial charge in [0.25, 0.3) is 0 Å². The van der Waals surface area contributed by atoms with Crippen LogP contribution in [0.3, 0.4) is 0 Å². The van der Waals surface area contributed by atoms with E-state index in [1.54, 1.807) is 0 Å². The van der Waals surface area contributed by atoms with Crippen LogP contribution in [-0.4, -0.2) is 12.1 Å². The Hall–Kier alpha value is -1.02. The Morgan fingerprint density at radius 2 is 2.05 bits per heavy atom. The highest BCUT2D eigenvalue weighted by Crippen LogP contribution is 2.37. The number of nitrogens with one attached hydrogen (secondary N) is 1. The second kappa shape index (κ2) is 6.17.